The van der Waals surface area contributed by atoms with E-state index in [9.17, 15) is 4.79 Å². The molecule has 1 aromatic carbocycles. The minimum absolute atomic E-state index is 0.120. The lowest BCUT2D eigenvalue weighted by molar-refractivity contribution is -0.113. The first kappa shape index (κ1) is 12.2. The van der Waals surface area contributed by atoms with Gasteiger partial charge in [0.2, 0.25) is 5.91 Å². The highest BCUT2D eigenvalue weighted by Gasteiger charge is 2.05. The Hall–Kier alpha value is -0.890. The van der Waals surface area contributed by atoms with Crippen molar-refractivity contribution in [2.24, 2.45) is 0 Å². The van der Waals surface area contributed by atoms with Gasteiger partial charge in [0.05, 0.1) is 10.7 Å². The summed E-state index contributed by atoms with van der Waals surface area (Å²) in [6, 6.07) is 4.94. The maximum absolute atomic E-state index is 11.0. The second kappa shape index (κ2) is 5.86. The van der Waals surface area contributed by atoms with Crippen molar-refractivity contribution in [3.8, 4) is 5.40 Å². The fraction of sp³-hybridized carbons (Fsp3) is 0.111. The van der Waals surface area contributed by atoms with Crippen molar-refractivity contribution >= 4 is 46.6 Å². The van der Waals surface area contributed by atoms with E-state index in [0.717, 1.165) is 16.7 Å². The molecule has 0 spiro atoms. The predicted molar refractivity (Wildman–Crippen MR) is 62.3 cm³/mol. The average molecular weight is 261 g/mol. The molecule has 1 aromatic rings. The molecule has 15 heavy (non-hydrogen) atoms. The predicted octanol–water partition coefficient (Wildman–Crippen LogP) is 3.09. The Kier molecular flexibility index (Phi) is 4.76. The molecule has 0 unspecified atom stereocenters. The number of carbonyl (C=O) groups is 1. The summed E-state index contributed by atoms with van der Waals surface area (Å²) in [5, 5.41) is 13.3. The quantitative estimate of drug-likeness (QED) is 0.516. The molecule has 0 radical (unpaired) electrons. The molecular weight excluding hydrogens is 255 g/mol. The monoisotopic (exact) mass is 260 g/mol. The van der Waals surface area contributed by atoms with Gasteiger partial charge in [-0.3, -0.25) is 4.79 Å². The smallest absolute Gasteiger partial charge is 0.239 e. The van der Waals surface area contributed by atoms with Crippen LogP contribution in [-0.4, -0.2) is 11.8 Å². The number of alkyl halides is 1. The van der Waals surface area contributed by atoms with E-state index in [1.807, 2.05) is 5.40 Å². The topological polar surface area (TPSA) is 52.9 Å². The summed E-state index contributed by atoms with van der Waals surface area (Å²) >= 11 is 12.2. The fourth-order valence-electron chi connectivity index (χ4n) is 0.897. The highest BCUT2D eigenvalue weighted by Crippen LogP contribution is 2.27. The lowest BCUT2D eigenvalue weighted by Gasteiger charge is -2.05. The van der Waals surface area contributed by atoms with Crippen LogP contribution in [0.1, 0.15) is 0 Å². The molecule has 0 aliphatic carbocycles. The molecule has 0 saturated heterocycles. The number of amides is 1. The van der Waals surface area contributed by atoms with Crippen LogP contribution in [0.2, 0.25) is 5.02 Å². The highest BCUT2D eigenvalue weighted by molar-refractivity contribution is 8.03. The van der Waals surface area contributed by atoms with Crippen LogP contribution >= 0.6 is 35.0 Å². The molecule has 0 saturated carbocycles. The molecule has 0 heterocycles. The zero-order valence-electron chi connectivity index (χ0n) is 7.46. The Morgan fingerprint density at radius 2 is 2.33 bits per heavy atom. The number of thioether (sulfide) groups is 1. The Morgan fingerprint density at radius 1 is 1.60 bits per heavy atom. The van der Waals surface area contributed by atoms with E-state index in [2.05, 4.69) is 5.32 Å². The zero-order valence-corrected chi connectivity index (χ0v) is 9.79. The summed E-state index contributed by atoms with van der Waals surface area (Å²) in [5.41, 5.74) is 0.490. The average Bonchev–Trinajstić information content (AvgIpc) is 2.22. The molecule has 78 valence electrons. The summed E-state index contributed by atoms with van der Waals surface area (Å²) in [5.74, 6) is -0.440. The summed E-state index contributed by atoms with van der Waals surface area (Å²) < 4.78 is 0. The SMILES string of the molecule is N#CSc1ccc(NC(=O)CCl)c(Cl)c1. The number of nitrogens with one attached hydrogen (secondary N) is 1. The van der Waals surface area contributed by atoms with Crippen molar-refractivity contribution in [2.75, 3.05) is 11.2 Å². The number of nitriles is 1. The van der Waals surface area contributed by atoms with Gasteiger partial charge in [0, 0.05) is 4.90 Å². The van der Waals surface area contributed by atoms with Gasteiger partial charge in [-0.2, -0.15) is 5.26 Å². The molecular formula is C9H6Cl2N2OS. The molecule has 0 atom stereocenters. The van der Waals surface area contributed by atoms with Crippen molar-refractivity contribution in [1.82, 2.24) is 0 Å². The summed E-state index contributed by atoms with van der Waals surface area (Å²) in [6.07, 6.45) is 0. The molecule has 0 bridgehead atoms. The summed E-state index contributed by atoms with van der Waals surface area (Å²) in [6.45, 7) is 0. The number of halogens is 2. The molecule has 3 nitrogen and oxygen atoms in total. The van der Waals surface area contributed by atoms with Gasteiger partial charge in [-0.05, 0) is 30.0 Å². The van der Waals surface area contributed by atoms with Gasteiger partial charge in [0.1, 0.15) is 11.3 Å². The molecule has 0 aromatic heterocycles. The third kappa shape index (κ3) is 3.63. The molecule has 1 amide bonds. The van der Waals surface area contributed by atoms with Gasteiger partial charge in [-0.1, -0.05) is 11.6 Å². The van der Waals surface area contributed by atoms with Crippen molar-refractivity contribution in [2.45, 2.75) is 4.90 Å². The zero-order chi connectivity index (χ0) is 11.3. The number of nitrogens with zero attached hydrogens (tertiary/aromatic N) is 1. The van der Waals surface area contributed by atoms with Gasteiger partial charge < -0.3 is 5.32 Å². The number of anilines is 1. The largest absolute Gasteiger partial charge is 0.324 e. The lowest BCUT2D eigenvalue weighted by atomic mass is 10.3. The van der Waals surface area contributed by atoms with E-state index in [1.165, 1.54) is 0 Å². The Balaban J connectivity index is 2.84. The Labute approximate surface area is 101 Å². The maximum Gasteiger partial charge on any atom is 0.239 e. The van der Waals surface area contributed by atoms with Crippen LogP contribution in [0.4, 0.5) is 5.69 Å². The van der Waals surface area contributed by atoms with Crippen LogP contribution in [0, 0.1) is 10.7 Å². The second-order valence-corrected chi connectivity index (χ2v) is 4.05. The first-order valence-electron chi connectivity index (χ1n) is 3.88. The van der Waals surface area contributed by atoms with Gasteiger partial charge in [0.15, 0.2) is 0 Å². The maximum atomic E-state index is 11.0. The van der Waals surface area contributed by atoms with E-state index >= 15 is 0 Å². The Bertz CT molecular complexity index is 417. The number of hydrogen-bond acceptors (Lipinski definition) is 3. The fourth-order valence-corrected chi connectivity index (χ4v) is 1.67. The van der Waals surface area contributed by atoms with E-state index in [-0.39, 0.29) is 11.8 Å². The normalized spacial score (nSPS) is 9.40. The van der Waals surface area contributed by atoms with Crippen molar-refractivity contribution < 1.29 is 4.79 Å². The molecule has 6 heteroatoms. The van der Waals surface area contributed by atoms with Crippen LogP contribution < -0.4 is 5.32 Å². The van der Waals surface area contributed by atoms with Crippen molar-refractivity contribution in [1.29, 1.82) is 5.26 Å². The third-order valence-corrected chi connectivity index (χ3v) is 2.64. The number of benzene rings is 1. The molecule has 0 aliphatic rings. The minimum atomic E-state index is -0.320. The van der Waals surface area contributed by atoms with E-state index in [1.54, 1.807) is 18.2 Å². The van der Waals surface area contributed by atoms with Crippen LogP contribution in [0.25, 0.3) is 0 Å². The Morgan fingerprint density at radius 3 is 2.87 bits per heavy atom. The number of carbonyl (C=O) groups excluding carboxylic acids is 1. The second-order valence-electron chi connectivity index (χ2n) is 2.52. The van der Waals surface area contributed by atoms with Crippen LogP contribution in [0.15, 0.2) is 23.1 Å². The van der Waals surface area contributed by atoms with Crippen LogP contribution in [0.3, 0.4) is 0 Å². The first-order valence-corrected chi connectivity index (χ1v) is 5.61. The highest BCUT2D eigenvalue weighted by atomic mass is 35.5. The van der Waals surface area contributed by atoms with Crippen LogP contribution in [0.5, 0.6) is 0 Å². The van der Waals surface area contributed by atoms with E-state index < -0.39 is 0 Å². The van der Waals surface area contributed by atoms with Crippen molar-refractivity contribution in [3.05, 3.63) is 23.2 Å². The lowest BCUT2D eigenvalue weighted by Crippen LogP contribution is -2.12. The third-order valence-electron chi connectivity index (χ3n) is 1.50. The minimum Gasteiger partial charge on any atom is -0.324 e. The standard InChI is InChI=1S/C9H6Cl2N2OS/c10-4-9(14)13-8-2-1-6(15-5-12)3-7(8)11/h1-3H,4H2,(H,13,14). The molecule has 1 N–H and O–H groups in total. The molecule has 0 aliphatic heterocycles. The summed E-state index contributed by atoms with van der Waals surface area (Å²) in [7, 11) is 0. The van der Waals surface area contributed by atoms with Gasteiger partial charge >= 0.3 is 0 Å². The van der Waals surface area contributed by atoms with Crippen LogP contribution in [-0.2, 0) is 4.79 Å². The molecule has 0 fully saturated rings. The van der Waals surface area contributed by atoms with E-state index in [0.29, 0.717) is 10.7 Å². The van der Waals surface area contributed by atoms with Crippen molar-refractivity contribution in [3.63, 3.8) is 0 Å². The summed E-state index contributed by atoms with van der Waals surface area (Å²) in [4.78, 5) is 11.7. The van der Waals surface area contributed by atoms with Gasteiger partial charge in [0.25, 0.3) is 0 Å². The van der Waals surface area contributed by atoms with Gasteiger partial charge in [-0.15, -0.1) is 11.6 Å². The molecule has 1 rings (SSSR count). The number of hydrogen-bond donors (Lipinski definition) is 1. The number of rotatable bonds is 3. The first-order chi connectivity index (χ1) is 7.17. The van der Waals surface area contributed by atoms with E-state index in [4.69, 9.17) is 28.5 Å². The van der Waals surface area contributed by atoms with Gasteiger partial charge in [-0.25, -0.2) is 0 Å². The number of thiocyanates is 1.